The third-order valence-electron chi connectivity index (χ3n) is 7.36. The van der Waals surface area contributed by atoms with E-state index in [9.17, 15) is 10.2 Å². The normalized spacial score (nSPS) is 27.4. The van der Waals surface area contributed by atoms with Crippen molar-refractivity contribution in [2.45, 2.75) is 90.4 Å². The van der Waals surface area contributed by atoms with Crippen LogP contribution < -0.4 is 10.6 Å². The van der Waals surface area contributed by atoms with E-state index >= 15 is 0 Å². The largest absolute Gasteiger partial charge is 0.508 e. The molecule has 0 amide bonds. The minimum absolute atomic E-state index is 0.306. The highest BCUT2D eigenvalue weighted by molar-refractivity contribution is 5.93. The van der Waals surface area contributed by atoms with Gasteiger partial charge in [0, 0.05) is 41.7 Å². The van der Waals surface area contributed by atoms with Crippen molar-refractivity contribution in [1.29, 1.82) is 0 Å². The number of aromatic hydroxyl groups is 2. The molecule has 164 valence electrons. The van der Waals surface area contributed by atoms with Crippen molar-refractivity contribution < 1.29 is 10.2 Å². The summed E-state index contributed by atoms with van der Waals surface area (Å²) in [6.07, 6.45) is 10.1. The van der Waals surface area contributed by atoms with Gasteiger partial charge in [0.05, 0.1) is 0 Å². The van der Waals surface area contributed by atoms with Gasteiger partial charge in [-0.15, -0.1) is 0 Å². The highest BCUT2D eigenvalue weighted by atomic mass is 16.3. The summed E-state index contributed by atoms with van der Waals surface area (Å²) in [6, 6.07) is 8.71. The Kier molecular flexibility index (Phi) is 6.84. The minimum Gasteiger partial charge on any atom is -0.508 e. The quantitative estimate of drug-likeness (QED) is 0.501. The Morgan fingerprint density at radius 1 is 0.767 bits per heavy atom. The maximum absolute atomic E-state index is 11.0. The predicted octanol–water partition coefficient (Wildman–Crippen LogP) is 5.59. The SMILES string of the molecule is CC1CCCC(NCc2ccc3c(CNC4CCCC(C)C4)c(O)ccc3c2O)C1. The fraction of sp³-hybridized carbons (Fsp3) is 0.615. The molecule has 4 nitrogen and oxygen atoms in total. The van der Waals surface area contributed by atoms with Crippen molar-refractivity contribution in [2.75, 3.05) is 0 Å². The molecule has 2 aliphatic carbocycles. The van der Waals surface area contributed by atoms with Crippen LogP contribution in [0.1, 0.15) is 76.3 Å². The van der Waals surface area contributed by atoms with Gasteiger partial charge in [0.25, 0.3) is 0 Å². The lowest BCUT2D eigenvalue weighted by molar-refractivity contribution is 0.299. The maximum atomic E-state index is 11.0. The minimum atomic E-state index is 0.306. The van der Waals surface area contributed by atoms with Gasteiger partial charge in [-0.3, -0.25) is 0 Å². The first-order valence-electron chi connectivity index (χ1n) is 11.9. The Labute approximate surface area is 181 Å². The zero-order valence-electron chi connectivity index (χ0n) is 18.6. The number of rotatable bonds is 6. The Bertz CT molecular complexity index is 866. The highest BCUT2D eigenvalue weighted by Gasteiger charge is 2.21. The van der Waals surface area contributed by atoms with Gasteiger partial charge in [-0.2, -0.15) is 0 Å². The molecule has 0 heterocycles. The van der Waals surface area contributed by atoms with Gasteiger partial charge < -0.3 is 20.8 Å². The lowest BCUT2D eigenvalue weighted by Gasteiger charge is -2.28. The molecule has 4 rings (SSSR count). The van der Waals surface area contributed by atoms with E-state index in [2.05, 4.69) is 30.5 Å². The summed E-state index contributed by atoms with van der Waals surface area (Å²) in [4.78, 5) is 0. The maximum Gasteiger partial charge on any atom is 0.127 e. The van der Waals surface area contributed by atoms with Gasteiger partial charge in [0.2, 0.25) is 0 Å². The van der Waals surface area contributed by atoms with Gasteiger partial charge in [-0.05, 0) is 55.0 Å². The molecule has 2 saturated carbocycles. The molecule has 4 heteroatoms. The molecule has 2 aromatic rings. The fourth-order valence-electron chi connectivity index (χ4n) is 5.55. The highest BCUT2D eigenvalue weighted by Crippen LogP contribution is 2.35. The van der Waals surface area contributed by atoms with Crippen LogP contribution in [-0.4, -0.2) is 22.3 Å². The van der Waals surface area contributed by atoms with E-state index in [1.165, 1.54) is 51.4 Å². The average Bonchev–Trinajstić information content (AvgIpc) is 2.73. The monoisotopic (exact) mass is 410 g/mol. The third-order valence-corrected chi connectivity index (χ3v) is 7.36. The molecular weight excluding hydrogens is 372 g/mol. The number of benzene rings is 2. The summed E-state index contributed by atoms with van der Waals surface area (Å²) in [6.45, 7) is 5.98. The third kappa shape index (κ3) is 4.92. The van der Waals surface area contributed by atoms with E-state index in [1.807, 2.05) is 12.1 Å². The molecular formula is C26H38N2O2. The molecule has 0 radical (unpaired) electrons. The topological polar surface area (TPSA) is 64.5 Å². The second-order valence-electron chi connectivity index (χ2n) is 9.93. The number of nitrogens with one attached hydrogen (secondary N) is 2. The van der Waals surface area contributed by atoms with E-state index < -0.39 is 0 Å². The summed E-state index contributed by atoms with van der Waals surface area (Å²) in [7, 11) is 0. The molecule has 0 spiro atoms. The van der Waals surface area contributed by atoms with E-state index in [0.29, 0.717) is 36.7 Å². The Morgan fingerprint density at radius 2 is 1.37 bits per heavy atom. The summed E-state index contributed by atoms with van der Waals surface area (Å²) in [5, 5.41) is 30.5. The van der Waals surface area contributed by atoms with Gasteiger partial charge >= 0.3 is 0 Å². The molecule has 30 heavy (non-hydrogen) atoms. The Hall–Kier alpha value is -1.78. The van der Waals surface area contributed by atoms with E-state index in [-0.39, 0.29) is 0 Å². The summed E-state index contributed by atoms with van der Waals surface area (Å²) in [5.74, 6) is 2.20. The van der Waals surface area contributed by atoms with Gasteiger partial charge in [-0.25, -0.2) is 0 Å². The number of hydrogen-bond donors (Lipinski definition) is 4. The summed E-state index contributed by atoms with van der Waals surface area (Å²) < 4.78 is 0. The van der Waals surface area contributed by atoms with Crippen LogP contribution >= 0.6 is 0 Å². The predicted molar refractivity (Wildman–Crippen MR) is 124 cm³/mol. The van der Waals surface area contributed by atoms with Crippen LogP contribution in [0.4, 0.5) is 0 Å². The number of fused-ring (bicyclic) bond motifs is 1. The number of hydrogen-bond acceptors (Lipinski definition) is 4. The molecule has 4 unspecified atom stereocenters. The second kappa shape index (κ2) is 9.57. The van der Waals surface area contributed by atoms with Crippen LogP contribution in [0.5, 0.6) is 11.5 Å². The fourth-order valence-corrected chi connectivity index (χ4v) is 5.55. The van der Waals surface area contributed by atoms with Crippen molar-refractivity contribution in [3.05, 3.63) is 35.4 Å². The zero-order chi connectivity index (χ0) is 21.1. The van der Waals surface area contributed by atoms with Crippen LogP contribution in [0.25, 0.3) is 10.8 Å². The Balaban J connectivity index is 1.48. The molecule has 2 fully saturated rings. The van der Waals surface area contributed by atoms with Gasteiger partial charge in [0.1, 0.15) is 11.5 Å². The van der Waals surface area contributed by atoms with Crippen LogP contribution in [-0.2, 0) is 13.1 Å². The number of phenolic OH excluding ortho intramolecular Hbond substituents is 2. The lowest BCUT2D eigenvalue weighted by Crippen LogP contribution is -2.33. The summed E-state index contributed by atoms with van der Waals surface area (Å²) in [5.41, 5.74) is 1.83. The molecule has 0 aromatic heterocycles. The molecule has 4 atom stereocenters. The zero-order valence-corrected chi connectivity index (χ0v) is 18.6. The van der Waals surface area contributed by atoms with Crippen molar-refractivity contribution in [1.82, 2.24) is 10.6 Å². The van der Waals surface area contributed by atoms with Crippen molar-refractivity contribution in [2.24, 2.45) is 11.8 Å². The van der Waals surface area contributed by atoms with Crippen LogP contribution in [0.2, 0.25) is 0 Å². The first-order valence-corrected chi connectivity index (χ1v) is 11.9. The molecule has 0 aliphatic heterocycles. The van der Waals surface area contributed by atoms with Crippen molar-refractivity contribution in [3.8, 4) is 11.5 Å². The van der Waals surface area contributed by atoms with Crippen molar-refractivity contribution in [3.63, 3.8) is 0 Å². The molecule has 0 bridgehead atoms. The van der Waals surface area contributed by atoms with Crippen molar-refractivity contribution >= 4 is 10.8 Å². The standard InChI is InChI=1S/C26H38N2O2/c1-17-5-3-7-20(13-17)27-15-19-9-10-22-23(26(19)30)11-12-25(29)24(22)16-28-21-8-4-6-18(2)14-21/h9-12,17-18,20-21,27-30H,3-8,13-16H2,1-2H3. The average molecular weight is 411 g/mol. The first kappa shape index (κ1) is 21.5. The smallest absolute Gasteiger partial charge is 0.127 e. The lowest BCUT2D eigenvalue weighted by atomic mass is 9.87. The molecule has 2 aromatic carbocycles. The molecule has 2 aliphatic rings. The van der Waals surface area contributed by atoms with Gasteiger partial charge in [-0.1, -0.05) is 51.7 Å². The molecule has 0 saturated heterocycles. The summed E-state index contributed by atoms with van der Waals surface area (Å²) >= 11 is 0. The number of phenols is 2. The molecule has 4 N–H and O–H groups in total. The van der Waals surface area contributed by atoms with E-state index in [4.69, 9.17) is 0 Å². The first-order chi connectivity index (χ1) is 14.5. The van der Waals surface area contributed by atoms with Gasteiger partial charge in [0.15, 0.2) is 0 Å². The van der Waals surface area contributed by atoms with Crippen LogP contribution in [0.15, 0.2) is 24.3 Å². The van der Waals surface area contributed by atoms with E-state index in [0.717, 1.165) is 33.7 Å². The Morgan fingerprint density at radius 3 is 2.00 bits per heavy atom. The second-order valence-corrected chi connectivity index (χ2v) is 9.93. The van der Waals surface area contributed by atoms with E-state index in [1.54, 1.807) is 6.07 Å². The van der Waals surface area contributed by atoms with Crippen LogP contribution in [0, 0.1) is 11.8 Å². The van der Waals surface area contributed by atoms with Crippen LogP contribution in [0.3, 0.4) is 0 Å².